The van der Waals surface area contributed by atoms with E-state index in [1.807, 2.05) is 6.07 Å². The Morgan fingerprint density at radius 2 is 2.17 bits per heavy atom. The van der Waals surface area contributed by atoms with Crippen LogP contribution in [0.3, 0.4) is 0 Å². The van der Waals surface area contributed by atoms with Gasteiger partial charge in [0.25, 0.3) is 0 Å². The van der Waals surface area contributed by atoms with Crippen LogP contribution < -0.4 is 5.32 Å². The first-order chi connectivity index (χ1) is 8.50. The lowest BCUT2D eigenvalue weighted by molar-refractivity contribution is 0.579. The molecule has 4 nitrogen and oxygen atoms in total. The van der Waals surface area contributed by atoms with Crippen LogP contribution in [0.5, 0.6) is 0 Å². The van der Waals surface area contributed by atoms with Crippen molar-refractivity contribution in [3.63, 3.8) is 0 Å². The minimum atomic E-state index is -3.02. The monoisotopic (exact) mass is 264 g/mol. The van der Waals surface area contributed by atoms with Gasteiger partial charge in [-0.3, -0.25) is 0 Å². The number of anilines is 1. The molecular weight excluding hydrogens is 248 g/mol. The highest BCUT2D eigenvalue weighted by Crippen LogP contribution is 2.28. The summed E-state index contributed by atoms with van der Waals surface area (Å²) in [5.74, 6) is 0. The zero-order valence-electron chi connectivity index (χ0n) is 10.3. The highest BCUT2D eigenvalue weighted by atomic mass is 32.2. The standard InChI is InChI=1S/C13H16N2O2S/c1-18(16,17)13-7-3-6-12(13)15-11-5-2-4-10(8-11)9-14/h2,4-5,8,12-13,15H,3,6-7H2,1H3. The van der Waals surface area contributed by atoms with Gasteiger partial charge in [0, 0.05) is 18.0 Å². The molecule has 1 aromatic rings. The summed E-state index contributed by atoms with van der Waals surface area (Å²) in [6.07, 6.45) is 3.79. The topological polar surface area (TPSA) is 70.0 Å². The number of benzene rings is 1. The van der Waals surface area contributed by atoms with E-state index in [2.05, 4.69) is 11.4 Å². The van der Waals surface area contributed by atoms with E-state index in [0.29, 0.717) is 12.0 Å². The molecule has 1 N–H and O–H groups in total. The SMILES string of the molecule is CS(=O)(=O)C1CCCC1Nc1cccc(C#N)c1. The number of nitrogens with one attached hydrogen (secondary N) is 1. The summed E-state index contributed by atoms with van der Waals surface area (Å²) >= 11 is 0. The summed E-state index contributed by atoms with van der Waals surface area (Å²) in [6, 6.07) is 9.16. The molecule has 5 heteroatoms. The molecule has 1 aliphatic carbocycles. The Balaban J connectivity index is 2.16. The predicted molar refractivity (Wildman–Crippen MR) is 71.1 cm³/mol. The number of hydrogen-bond donors (Lipinski definition) is 1. The van der Waals surface area contributed by atoms with Gasteiger partial charge in [-0.1, -0.05) is 6.07 Å². The van der Waals surface area contributed by atoms with E-state index in [9.17, 15) is 8.42 Å². The Kier molecular flexibility index (Phi) is 3.58. The van der Waals surface area contributed by atoms with Crippen molar-refractivity contribution < 1.29 is 8.42 Å². The second-order valence-corrected chi connectivity index (χ2v) is 7.01. The summed E-state index contributed by atoms with van der Waals surface area (Å²) in [4.78, 5) is 0. The average molecular weight is 264 g/mol. The van der Waals surface area contributed by atoms with Gasteiger partial charge < -0.3 is 5.32 Å². The third-order valence-corrected chi connectivity index (χ3v) is 5.01. The molecule has 0 heterocycles. The summed E-state index contributed by atoms with van der Waals surface area (Å²) in [7, 11) is -3.02. The summed E-state index contributed by atoms with van der Waals surface area (Å²) in [6.45, 7) is 0. The van der Waals surface area contributed by atoms with Crippen LogP contribution in [0.15, 0.2) is 24.3 Å². The smallest absolute Gasteiger partial charge is 0.152 e. The maximum Gasteiger partial charge on any atom is 0.152 e. The molecule has 0 amide bonds. The molecule has 0 aromatic heterocycles. The lowest BCUT2D eigenvalue weighted by Gasteiger charge is -2.20. The molecule has 0 bridgehead atoms. The van der Waals surface area contributed by atoms with Gasteiger partial charge in [-0.15, -0.1) is 0 Å². The number of sulfone groups is 1. The molecule has 0 spiro atoms. The number of rotatable bonds is 3. The zero-order chi connectivity index (χ0) is 13.2. The van der Waals surface area contributed by atoms with E-state index < -0.39 is 9.84 Å². The van der Waals surface area contributed by atoms with E-state index in [-0.39, 0.29) is 11.3 Å². The van der Waals surface area contributed by atoms with Crippen LogP contribution in [0.25, 0.3) is 0 Å². The van der Waals surface area contributed by atoms with Gasteiger partial charge in [-0.25, -0.2) is 8.42 Å². The van der Waals surface area contributed by atoms with Gasteiger partial charge in [-0.05, 0) is 37.5 Å². The van der Waals surface area contributed by atoms with Crippen LogP contribution in [0.1, 0.15) is 24.8 Å². The van der Waals surface area contributed by atoms with Crippen LogP contribution in [0.2, 0.25) is 0 Å². The normalized spacial score (nSPS) is 23.6. The van der Waals surface area contributed by atoms with Gasteiger partial charge in [0.1, 0.15) is 0 Å². The minimum absolute atomic E-state index is 0.0473. The molecule has 2 rings (SSSR count). The molecule has 0 radical (unpaired) electrons. The van der Waals surface area contributed by atoms with Crippen molar-refractivity contribution in [2.24, 2.45) is 0 Å². The van der Waals surface area contributed by atoms with E-state index in [1.165, 1.54) is 6.26 Å². The highest BCUT2D eigenvalue weighted by molar-refractivity contribution is 7.91. The molecule has 0 aliphatic heterocycles. The Bertz CT molecular complexity index is 575. The fourth-order valence-electron chi connectivity index (χ4n) is 2.50. The number of hydrogen-bond acceptors (Lipinski definition) is 4. The number of nitriles is 1. The van der Waals surface area contributed by atoms with Crippen LogP contribution in [0.4, 0.5) is 5.69 Å². The van der Waals surface area contributed by atoms with Crippen LogP contribution in [0, 0.1) is 11.3 Å². The molecule has 2 unspecified atom stereocenters. The molecule has 0 saturated heterocycles. The van der Waals surface area contributed by atoms with Crippen molar-refractivity contribution >= 4 is 15.5 Å². The zero-order valence-corrected chi connectivity index (χ0v) is 11.1. The molecule has 1 aromatic carbocycles. The molecule has 1 aliphatic rings. The van der Waals surface area contributed by atoms with Crippen LogP contribution in [-0.2, 0) is 9.84 Å². The van der Waals surface area contributed by atoms with E-state index >= 15 is 0 Å². The Morgan fingerprint density at radius 3 is 2.83 bits per heavy atom. The van der Waals surface area contributed by atoms with Gasteiger partial charge in [0.05, 0.1) is 16.9 Å². The molecular formula is C13H16N2O2S. The van der Waals surface area contributed by atoms with Crippen molar-refractivity contribution in [3.8, 4) is 6.07 Å². The fraction of sp³-hybridized carbons (Fsp3) is 0.462. The highest BCUT2D eigenvalue weighted by Gasteiger charge is 2.34. The van der Waals surface area contributed by atoms with Crippen molar-refractivity contribution in [2.75, 3.05) is 11.6 Å². The Morgan fingerprint density at radius 1 is 1.39 bits per heavy atom. The molecule has 18 heavy (non-hydrogen) atoms. The quantitative estimate of drug-likeness (QED) is 0.905. The van der Waals surface area contributed by atoms with Gasteiger partial charge in [0.15, 0.2) is 9.84 Å². The maximum atomic E-state index is 11.7. The molecule has 96 valence electrons. The molecule has 1 saturated carbocycles. The third-order valence-electron chi connectivity index (χ3n) is 3.35. The first-order valence-corrected chi connectivity index (χ1v) is 7.92. The van der Waals surface area contributed by atoms with E-state index in [4.69, 9.17) is 5.26 Å². The van der Waals surface area contributed by atoms with Crippen molar-refractivity contribution in [1.29, 1.82) is 5.26 Å². The average Bonchev–Trinajstić information content (AvgIpc) is 2.77. The van der Waals surface area contributed by atoms with Crippen molar-refractivity contribution in [1.82, 2.24) is 0 Å². The summed E-state index contributed by atoms with van der Waals surface area (Å²) < 4.78 is 23.3. The third kappa shape index (κ3) is 2.82. The Hall–Kier alpha value is -1.54. The Labute approximate surface area is 108 Å². The van der Waals surface area contributed by atoms with Crippen LogP contribution >= 0.6 is 0 Å². The fourth-order valence-corrected chi connectivity index (χ4v) is 3.89. The lowest BCUT2D eigenvalue weighted by atomic mass is 10.2. The van der Waals surface area contributed by atoms with Crippen molar-refractivity contribution in [2.45, 2.75) is 30.6 Å². The lowest BCUT2D eigenvalue weighted by Crippen LogP contribution is -2.34. The maximum absolute atomic E-state index is 11.7. The van der Waals surface area contributed by atoms with Gasteiger partial charge >= 0.3 is 0 Å². The number of nitrogens with zero attached hydrogens (tertiary/aromatic N) is 1. The minimum Gasteiger partial charge on any atom is -0.381 e. The first-order valence-electron chi connectivity index (χ1n) is 5.96. The predicted octanol–water partition coefficient (Wildman–Crippen LogP) is 1.94. The second-order valence-electron chi connectivity index (χ2n) is 4.74. The first kappa shape index (κ1) is 12.9. The summed E-state index contributed by atoms with van der Waals surface area (Å²) in [5.41, 5.74) is 1.39. The second kappa shape index (κ2) is 4.99. The van der Waals surface area contributed by atoms with E-state index in [1.54, 1.807) is 18.2 Å². The van der Waals surface area contributed by atoms with Crippen molar-refractivity contribution in [3.05, 3.63) is 29.8 Å². The van der Waals surface area contributed by atoms with Gasteiger partial charge in [-0.2, -0.15) is 5.26 Å². The van der Waals surface area contributed by atoms with Crippen LogP contribution in [-0.4, -0.2) is 26.0 Å². The van der Waals surface area contributed by atoms with Gasteiger partial charge in [0.2, 0.25) is 0 Å². The van der Waals surface area contributed by atoms with E-state index in [0.717, 1.165) is 18.5 Å². The molecule has 2 atom stereocenters. The molecule has 1 fully saturated rings. The summed E-state index contributed by atoms with van der Waals surface area (Å²) in [5, 5.41) is 11.8. The largest absolute Gasteiger partial charge is 0.381 e.